The van der Waals surface area contributed by atoms with Crippen molar-refractivity contribution in [3.05, 3.63) is 30.5 Å². The fourth-order valence-corrected chi connectivity index (χ4v) is 5.35. The van der Waals surface area contributed by atoms with E-state index in [1.165, 1.54) is 11.8 Å². The molecule has 2 aliphatic rings. The zero-order valence-electron chi connectivity index (χ0n) is 17.6. The van der Waals surface area contributed by atoms with E-state index in [2.05, 4.69) is 43.3 Å². The molecule has 5 rings (SSSR count). The van der Waals surface area contributed by atoms with Crippen LogP contribution < -0.4 is 5.32 Å². The van der Waals surface area contributed by atoms with E-state index in [1.54, 1.807) is 0 Å². The number of para-hydroxylation sites is 1. The number of aromatic nitrogens is 4. The van der Waals surface area contributed by atoms with E-state index in [0.29, 0.717) is 6.04 Å². The van der Waals surface area contributed by atoms with Gasteiger partial charge in [-0.1, -0.05) is 49.2 Å². The first-order valence-corrected chi connectivity index (χ1v) is 11.9. The minimum absolute atomic E-state index is 0.104. The predicted octanol–water partition coefficient (Wildman–Crippen LogP) is 4.58. The highest BCUT2D eigenvalue weighted by molar-refractivity contribution is 8.00. The summed E-state index contributed by atoms with van der Waals surface area (Å²) < 4.78 is 2.19. The van der Waals surface area contributed by atoms with Crippen LogP contribution in [0.15, 0.2) is 35.6 Å². The fraction of sp³-hybridized carbons (Fsp3) is 0.478. The van der Waals surface area contributed by atoms with Crippen LogP contribution in [0, 0.1) is 11.3 Å². The van der Waals surface area contributed by atoms with Crippen molar-refractivity contribution in [1.82, 2.24) is 25.1 Å². The molecule has 8 heteroatoms. The third-order valence-electron chi connectivity index (χ3n) is 6.34. The van der Waals surface area contributed by atoms with E-state index in [4.69, 9.17) is 0 Å². The van der Waals surface area contributed by atoms with E-state index in [-0.39, 0.29) is 11.2 Å². The summed E-state index contributed by atoms with van der Waals surface area (Å²) in [5.74, 6) is 0.739. The van der Waals surface area contributed by atoms with Crippen LogP contribution in [-0.4, -0.2) is 36.4 Å². The standard InChI is InChI=1S/C23H26N6OS/c1-15(21(30)26-23(14-24)11-5-2-6-12-23)31-22-28-27-20(29(22)16-9-10-16)18-13-25-19-8-4-3-7-17(18)19/h3-4,7-8,13,15-16,25H,2,5-6,9-12H2,1H3,(H,26,30). The van der Waals surface area contributed by atoms with Crippen LogP contribution in [-0.2, 0) is 4.79 Å². The molecule has 1 unspecified atom stereocenters. The number of nitrogens with one attached hydrogen (secondary N) is 2. The number of amides is 1. The Morgan fingerprint density at radius 1 is 1.29 bits per heavy atom. The molecule has 1 atom stereocenters. The Balaban J connectivity index is 1.39. The summed E-state index contributed by atoms with van der Waals surface area (Å²) in [5, 5.41) is 23.2. The number of thioether (sulfide) groups is 1. The van der Waals surface area contributed by atoms with Crippen molar-refractivity contribution in [2.45, 2.75) is 73.9 Å². The molecule has 0 saturated heterocycles. The molecule has 0 spiro atoms. The number of aromatic amines is 1. The minimum atomic E-state index is -0.719. The molecule has 1 amide bonds. The number of carbonyl (C=O) groups excluding carboxylic acids is 1. The number of fused-ring (bicyclic) bond motifs is 1. The van der Waals surface area contributed by atoms with Crippen LogP contribution in [0.4, 0.5) is 0 Å². The van der Waals surface area contributed by atoms with Crippen LogP contribution in [0.3, 0.4) is 0 Å². The second-order valence-electron chi connectivity index (χ2n) is 8.66. The molecule has 2 fully saturated rings. The Bertz CT molecular complexity index is 1150. The molecule has 31 heavy (non-hydrogen) atoms. The summed E-state index contributed by atoms with van der Waals surface area (Å²) in [7, 11) is 0. The van der Waals surface area contributed by atoms with E-state index in [9.17, 15) is 10.1 Å². The molecule has 1 aromatic carbocycles. The van der Waals surface area contributed by atoms with Gasteiger partial charge in [-0.05, 0) is 38.7 Å². The van der Waals surface area contributed by atoms with Gasteiger partial charge in [0, 0.05) is 28.7 Å². The average molecular weight is 435 g/mol. The van der Waals surface area contributed by atoms with Gasteiger partial charge in [-0.2, -0.15) is 5.26 Å². The highest BCUT2D eigenvalue weighted by atomic mass is 32.2. The molecule has 3 aromatic rings. The third kappa shape index (κ3) is 3.83. The Kier molecular flexibility index (Phi) is 5.22. The Morgan fingerprint density at radius 2 is 2.06 bits per heavy atom. The second kappa shape index (κ2) is 8.04. The normalized spacial score (nSPS) is 19.1. The molecule has 0 bridgehead atoms. The highest BCUT2D eigenvalue weighted by Gasteiger charge is 2.36. The number of benzene rings is 1. The lowest BCUT2D eigenvalue weighted by atomic mass is 9.83. The minimum Gasteiger partial charge on any atom is -0.360 e. The largest absolute Gasteiger partial charge is 0.360 e. The zero-order valence-corrected chi connectivity index (χ0v) is 18.4. The van der Waals surface area contributed by atoms with Gasteiger partial charge >= 0.3 is 0 Å². The fourth-order valence-electron chi connectivity index (χ4n) is 4.43. The quantitative estimate of drug-likeness (QED) is 0.553. The van der Waals surface area contributed by atoms with Crippen LogP contribution in [0.2, 0.25) is 0 Å². The monoisotopic (exact) mass is 434 g/mol. The zero-order chi connectivity index (χ0) is 21.4. The van der Waals surface area contributed by atoms with Crippen molar-refractivity contribution < 1.29 is 4.79 Å². The van der Waals surface area contributed by atoms with Gasteiger partial charge in [-0.3, -0.25) is 9.36 Å². The molecular formula is C23H26N6OS. The van der Waals surface area contributed by atoms with Crippen LogP contribution in [0.1, 0.15) is 57.9 Å². The van der Waals surface area contributed by atoms with Crippen LogP contribution >= 0.6 is 11.8 Å². The lowest BCUT2D eigenvalue weighted by Gasteiger charge is -2.32. The van der Waals surface area contributed by atoms with Crippen molar-refractivity contribution in [1.29, 1.82) is 5.26 Å². The topological polar surface area (TPSA) is 99.4 Å². The second-order valence-corrected chi connectivity index (χ2v) is 9.97. The first-order chi connectivity index (χ1) is 15.1. The highest BCUT2D eigenvalue weighted by Crippen LogP contribution is 2.43. The third-order valence-corrected chi connectivity index (χ3v) is 7.40. The van der Waals surface area contributed by atoms with Crippen molar-refractivity contribution in [2.24, 2.45) is 0 Å². The smallest absolute Gasteiger partial charge is 0.234 e. The number of hydrogen-bond acceptors (Lipinski definition) is 5. The average Bonchev–Trinajstić information content (AvgIpc) is 3.41. The maximum atomic E-state index is 12.9. The van der Waals surface area contributed by atoms with Gasteiger partial charge in [-0.25, -0.2) is 0 Å². The summed E-state index contributed by atoms with van der Waals surface area (Å²) in [5.41, 5.74) is 1.38. The van der Waals surface area contributed by atoms with E-state index in [1.807, 2.05) is 25.3 Å². The van der Waals surface area contributed by atoms with Gasteiger partial charge in [0.2, 0.25) is 5.91 Å². The van der Waals surface area contributed by atoms with Gasteiger partial charge in [0.15, 0.2) is 11.0 Å². The van der Waals surface area contributed by atoms with Gasteiger partial charge in [-0.15, -0.1) is 10.2 Å². The lowest BCUT2D eigenvalue weighted by Crippen LogP contribution is -2.51. The van der Waals surface area contributed by atoms with Crippen molar-refractivity contribution in [3.63, 3.8) is 0 Å². The number of H-pyrrole nitrogens is 1. The summed E-state index contributed by atoms with van der Waals surface area (Å²) in [6.45, 7) is 1.88. The summed E-state index contributed by atoms with van der Waals surface area (Å²) >= 11 is 1.43. The molecule has 2 aromatic heterocycles. The van der Waals surface area contributed by atoms with Crippen LogP contribution in [0.25, 0.3) is 22.3 Å². The maximum Gasteiger partial charge on any atom is 0.234 e. The van der Waals surface area contributed by atoms with Gasteiger partial charge in [0.05, 0.1) is 11.3 Å². The molecule has 0 radical (unpaired) electrons. The molecule has 0 aliphatic heterocycles. The first kappa shape index (κ1) is 20.1. The molecule has 160 valence electrons. The Hall–Kier alpha value is -2.79. The van der Waals surface area contributed by atoms with E-state index in [0.717, 1.165) is 72.4 Å². The van der Waals surface area contributed by atoms with Gasteiger partial charge < -0.3 is 10.3 Å². The lowest BCUT2D eigenvalue weighted by molar-refractivity contribution is -0.121. The van der Waals surface area contributed by atoms with Gasteiger partial charge in [0.1, 0.15) is 5.54 Å². The molecule has 2 saturated carbocycles. The summed E-state index contributed by atoms with van der Waals surface area (Å²) in [4.78, 5) is 16.3. The Labute approximate surface area is 185 Å². The number of rotatable bonds is 6. The predicted molar refractivity (Wildman–Crippen MR) is 120 cm³/mol. The van der Waals surface area contributed by atoms with Crippen molar-refractivity contribution in [2.75, 3.05) is 0 Å². The molecule has 2 aliphatic carbocycles. The van der Waals surface area contributed by atoms with Crippen molar-refractivity contribution in [3.8, 4) is 17.5 Å². The number of nitriles is 1. The summed E-state index contributed by atoms with van der Waals surface area (Å²) in [6, 6.07) is 10.9. The number of hydrogen-bond donors (Lipinski definition) is 2. The van der Waals surface area contributed by atoms with E-state index >= 15 is 0 Å². The molecule has 2 N–H and O–H groups in total. The first-order valence-electron chi connectivity index (χ1n) is 11.0. The molecule has 7 nitrogen and oxygen atoms in total. The summed E-state index contributed by atoms with van der Waals surface area (Å²) in [6.07, 6.45) is 8.74. The van der Waals surface area contributed by atoms with E-state index < -0.39 is 5.54 Å². The van der Waals surface area contributed by atoms with Crippen LogP contribution in [0.5, 0.6) is 0 Å². The number of carbonyl (C=O) groups is 1. The number of nitrogens with zero attached hydrogens (tertiary/aromatic N) is 4. The Morgan fingerprint density at radius 3 is 2.81 bits per heavy atom. The molecule has 2 heterocycles. The SMILES string of the molecule is CC(Sc1nnc(-c2c[nH]c3ccccc23)n1C1CC1)C(=O)NC1(C#N)CCCCC1. The maximum absolute atomic E-state index is 12.9. The molecular weight excluding hydrogens is 408 g/mol. The van der Waals surface area contributed by atoms with Gasteiger partial charge in [0.25, 0.3) is 0 Å². The van der Waals surface area contributed by atoms with Crippen molar-refractivity contribution >= 4 is 28.6 Å².